The molecule has 0 amide bonds. The Hall–Kier alpha value is -0.960. The van der Waals surface area contributed by atoms with Crippen molar-refractivity contribution in [2.24, 2.45) is 28.6 Å². The lowest BCUT2D eigenvalue weighted by molar-refractivity contribution is -0.148. The molecule has 0 spiro atoms. The molecule has 0 radical (unpaired) electrons. The number of hydrogen-bond acceptors (Lipinski definition) is 3. The number of fused-ring (bicyclic) bond motifs is 5. The van der Waals surface area contributed by atoms with Gasteiger partial charge in [0.25, 0.3) is 0 Å². The molecule has 1 N–H and O–H groups in total. The largest absolute Gasteiger partial charge is 0.393 e. The van der Waals surface area contributed by atoms with E-state index in [1.807, 2.05) is 6.92 Å². The van der Waals surface area contributed by atoms with Crippen molar-refractivity contribution in [3.8, 4) is 0 Å². The Morgan fingerprint density at radius 1 is 1.18 bits per heavy atom. The fourth-order valence-electron chi connectivity index (χ4n) is 6.25. The second kappa shape index (κ2) is 4.53. The Balaban J connectivity index is 1.76. The van der Waals surface area contributed by atoms with Gasteiger partial charge in [0.1, 0.15) is 11.6 Å². The predicted molar refractivity (Wildman–Crippen MR) is 83.1 cm³/mol. The molecule has 0 unspecified atom stereocenters. The highest BCUT2D eigenvalue weighted by molar-refractivity contribution is 5.95. The van der Waals surface area contributed by atoms with Crippen LogP contribution in [0.4, 0.5) is 0 Å². The normalized spacial score (nSPS) is 51.0. The molecule has 0 saturated heterocycles. The summed E-state index contributed by atoms with van der Waals surface area (Å²) in [4.78, 5) is 25.4. The number of allylic oxidation sites excluding steroid dienone is 1. The van der Waals surface area contributed by atoms with Crippen molar-refractivity contribution >= 4 is 11.6 Å². The number of rotatable bonds is 0. The van der Waals surface area contributed by atoms with Crippen molar-refractivity contribution in [1.29, 1.82) is 0 Å². The van der Waals surface area contributed by atoms with Crippen molar-refractivity contribution < 1.29 is 14.7 Å². The summed E-state index contributed by atoms with van der Waals surface area (Å²) in [6, 6.07) is 0. The van der Waals surface area contributed by atoms with Gasteiger partial charge in [0.2, 0.25) is 0 Å². The van der Waals surface area contributed by atoms with Crippen LogP contribution < -0.4 is 0 Å². The average Bonchev–Trinajstić information content (AvgIpc) is 2.75. The number of aliphatic hydroxyl groups is 1. The molecule has 3 heteroatoms. The highest BCUT2D eigenvalue weighted by atomic mass is 16.3. The maximum atomic E-state index is 13.0. The standard InChI is InChI=1S/C19H26O3/c1-18-8-7-12(20)9-11(18)3-4-13-14-5-6-16(22)19(14,2)10-15(21)17(13)18/h3,12-14,17,20H,4-10H2,1-2H3/t12-,13-,14-,17+,18-,19-/m0/s1. The summed E-state index contributed by atoms with van der Waals surface area (Å²) >= 11 is 0. The maximum Gasteiger partial charge on any atom is 0.139 e. The zero-order valence-corrected chi connectivity index (χ0v) is 13.6. The van der Waals surface area contributed by atoms with Gasteiger partial charge in [-0.2, -0.15) is 0 Å². The van der Waals surface area contributed by atoms with Gasteiger partial charge in [0.05, 0.1) is 6.10 Å². The summed E-state index contributed by atoms with van der Waals surface area (Å²) in [6.07, 6.45) is 7.47. The first kappa shape index (κ1) is 14.6. The molecule has 0 heterocycles. The van der Waals surface area contributed by atoms with Gasteiger partial charge >= 0.3 is 0 Å². The van der Waals surface area contributed by atoms with Crippen LogP contribution >= 0.6 is 0 Å². The second-order valence-electron chi connectivity index (χ2n) is 8.55. The number of ketones is 2. The van der Waals surface area contributed by atoms with Crippen LogP contribution in [-0.2, 0) is 9.59 Å². The Bertz CT molecular complexity index is 577. The predicted octanol–water partition coefficient (Wildman–Crippen LogP) is 3.06. The van der Waals surface area contributed by atoms with E-state index >= 15 is 0 Å². The number of aliphatic hydroxyl groups excluding tert-OH is 1. The average molecular weight is 302 g/mol. The lowest BCUT2D eigenvalue weighted by Crippen LogP contribution is -2.54. The third-order valence-corrected chi connectivity index (χ3v) is 7.48. The van der Waals surface area contributed by atoms with Crippen LogP contribution in [0.3, 0.4) is 0 Å². The fraction of sp³-hybridized carbons (Fsp3) is 0.789. The van der Waals surface area contributed by atoms with Crippen molar-refractivity contribution in [2.45, 2.75) is 64.9 Å². The molecular weight excluding hydrogens is 276 g/mol. The second-order valence-corrected chi connectivity index (χ2v) is 8.55. The Labute approximate surface area is 132 Å². The Morgan fingerprint density at radius 3 is 2.73 bits per heavy atom. The molecule has 22 heavy (non-hydrogen) atoms. The van der Waals surface area contributed by atoms with Crippen LogP contribution in [0.15, 0.2) is 11.6 Å². The fourth-order valence-corrected chi connectivity index (χ4v) is 6.25. The maximum absolute atomic E-state index is 13.0. The Kier molecular flexibility index (Phi) is 3.01. The first-order valence-electron chi connectivity index (χ1n) is 8.80. The number of Topliss-reactive ketones (excluding diaryl/α,β-unsaturated/α-hetero) is 2. The monoisotopic (exact) mass is 302 g/mol. The van der Waals surface area contributed by atoms with Crippen molar-refractivity contribution in [1.82, 2.24) is 0 Å². The first-order chi connectivity index (χ1) is 10.4. The molecule has 120 valence electrons. The van der Waals surface area contributed by atoms with Gasteiger partial charge in [0.15, 0.2) is 0 Å². The summed E-state index contributed by atoms with van der Waals surface area (Å²) < 4.78 is 0. The molecule has 0 aromatic rings. The SMILES string of the molecule is C[C@]12CC[C@H](O)CC1=CC[C@@H]1[C@@H]2C(=O)C[C@]2(C)C(=O)CC[C@@H]12. The Morgan fingerprint density at radius 2 is 1.95 bits per heavy atom. The molecule has 0 aromatic heterocycles. The minimum atomic E-state index is -0.395. The van der Waals surface area contributed by atoms with Gasteiger partial charge in [-0.25, -0.2) is 0 Å². The van der Waals surface area contributed by atoms with Gasteiger partial charge < -0.3 is 5.11 Å². The van der Waals surface area contributed by atoms with E-state index in [0.717, 1.165) is 32.1 Å². The van der Waals surface area contributed by atoms with Gasteiger partial charge in [-0.3, -0.25) is 9.59 Å². The first-order valence-corrected chi connectivity index (χ1v) is 8.80. The molecular formula is C19H26O3. The minimum absolute atomic E-state index is 0.0731. The highest BCUT2D eigenvalue weighted by Crippen LogP contribution is 2.62. The molecule has 4 aliphatic rings. The molecule has 3 fully saturated rings. The third-order valence-electron chi connectivity index (χ3n) is 7.48. The molecule has 3 saturated carbocycles. The molecule has 3 nitrogen and oxygen atoms in total. The van der Waals surface area contributed by atoms with E-state index < -0.39 is 5.41 Å². The zero-order chi connectivity index (χ0) is 15.7. The van der Waals surface area contributed by atoms with E-state index in [2.05, 4.69) is 13.0 Å². The zero-order valence-electron chi connectivity index (χ0n) is 13.6. The van der Waals surface area contributed by atoms with Gasteiger partial charge in [-0.15, -0.1) is 0 Å². The summed E-state index contributed by atoms with van der Waals surface area (Å²) in [6.45, 7) is 4.27. The summed E-state index contributed by atoms with van der Waals surface area (Å²) in [7, 11) is 0. The number of carbonyl (C=O) groups excluding carboxylic acids is 2. The highest BCUT2D eigenvalue weighted by Gasteiger charge is 2.61. The minimum Gasteiger partial charge on any atom is -0.393 e. The quantitative estimate of drug-likeness (QED) is 0.700. The molecule has 0 aliphatic heterocycles. The van der Waals surface area contributed by atoms with Crippen LogP contribution in [-0.4, -0.2) is 22.8 Å². The van der Waals surface area contributed by atoms with Crippen molar-refractivity contribution in [3.63, 3.8) is 0 Å². The molecule has 0 aromatic carbocycles. The molecule has 0 bridgehead atoms. The smallest absolute Gasteiger partial charge is 0.139 e. The number of hydrogen-bond donors (Lipinski definition) is 1. The topological polar surface area (TPSA) is 54.4 Å². The van der Waals surface area contributed by atoms with Crippen molar-refractivity contribution in [2.75, 3.05) is 0 Å². The lowest BCUT2D eigenvalue weighted by atomic mass is 9.47. The van der Waals surface area contributed by atoms with Crippen LogP contribution in [0, 0.1) is 28.6 Å². The van der Waals surface area contributed by atoms with Gasteiger partial charge in [-0.05, 0) is 49.4 Å². The van der Waals surface area contributed by atoms with E-state index in [4.69, 9.17) is 0 Å². The molecule has 4 aliphatic carbocycles. The van der Waals surface area contributed by atoms with Crippen LogP contribution in [0.25, 0.3) is 0 Å². The van der Waals surface area contributed by atoms with Gasteiger partial charge in [-0.1, -0.05) is 25.5 Å². The lowest BCUT2D eigenvalue weighted by Gasteiger charge is -2.55. The number of carbonyl (C=O) groups is 2. The van der Waals surface area contributed by atoms with Gasteiger partial charge in [0, 0.05) is 24.2 Å². The van der Waals surface area contributed by atoms with E-state index in [1.54, 1.807) is 0 Å². The van der Waals surface area contributed by atoms with E-state index in [1.165, 1.54) is 5.57 Å². The van der Waals surface area contributed by atoms with E-state index in [-0.39, 0.29) is 17.4 Å². The summed E-state index contributed by atoms with van der Waals surface area (Å²) in [5, 5.41) is 9.98. The third kappa shape index (κ3) is 1.72. The molecule has 6 atom stereocenters. The van der Waals surface area contributed by atoms with Crippen LogP contribution in [0.1, 0.15) is 58.8 Å². The summed E-state index contributed by atoms with van der Waals surface area (Å²) in [5.41, 5.74) is 0.828. The van der Waals surface area contributed by atoms with E-state index in [9.17, 15) is 14.7 Å². The molecule has 4 rings (SSSR count). The van der Waals surface area contributed by atoms with E-state index in [0.29, 0.717) is 36.2 Å². The van der Waals surface area contributed by atoms with Crippen LogP contribution in [0.5, 0.6) is 0 Å². The van der Waals surface area contributed by atoms with Crippen molar-refractivity contribution in [3.05, 3.63) is 11.6 Å². The summed E-state index contributed by atoms with van der Waals surface area (Å²) in [5.74, 6) is 1.40. The van der Waals surface area contributed by atoms with Crippen LogP contribution in [0.2, 0.25) is 0 Å².